The summed E-state index contributed by atoms with van der Waals surface area (Å²) in [5.74, 6) is 0.890. The fourth-order valence-corrected chi connectivity index (χ4v) is 1.66. The normalized spacial score (nSPS) is 19.9. The molecule has 1 aliphatic heterocycles. The summed E-state index contributed by atoms with van der Waals surface area (Å²) >= 11 is 0. The van der Waals surface area contributed by atoms with Crippen LogP contribution < -0.4 is 10.6 Å². The Hall–Kier alpha value is -1.52. The van der Waals surface area contributed by atoms with E-state index < -0.39 is 0 Å². The highest BCUT2D eigenvalue weighted by molar-refractivity contribution is 5.81. The van der Waals surface area contributed by atoms with Gasteiger partial charge in [0.25, 0.3) is 0 Å². The van der Waals surface area contributed by atoms with Gasteiger partial charge in [0.15, 0.2) is 5.96 Å². The maximum absolute atomic E-state index is 4.33. The van der Waals surface area contributed by atoms with Gasteiger partial charge in [0, 0.05) is 13.1 Å². The molecule has 0 amide bonds. The lowest BCUT2D eigenvalue weighted by molar-refractivity contribution is 0.676. The Kier molecular flexibility index (Phi) is 2.62. The Morgan fingerprint density at radius 2 is 2.47 bits per heavy atom. The second-order valence-corrected chi connectivity index (χ2v) is 3.99. The molecule has 2 rings (SSSR count). The lowest BCUT2D eigenvalue weighted by Gasteiger charge is -2.08. The molecule has 15 heavy (non-hydrogen) atoms. The van der Waals surface area contributed by atoms with Crippen molar-refractivity contribution in [2.24, 2.45) is 12.0 Å². The number of aryl methyl sites for hydroxylation is 2. The zero-order valence-corrected chi connectivity index (χ0v) is 9.41. The second kappa shape index (κ2) is 3.92. The third-order valence-corrected chi connectivity index (χ3v) is 2.44. The highest BCUT2D eigenvalue weighted by Gasteiger charge is 2.12. The Bertz CT molecular complexity index is 379. The molecule has 1 aromatic heterocycles. The van der Waals surface area contributed by atoms with Crippen molar-refractivity contribution in [1.82, 2.24) is 20.4 Å². The van der Waals surface area contributed by atoms with E-state index in [1.54, 1.807) is 0 Å². The summed E-state index contributed by atoms with van der Waals surface area (Å²) in [6.07, 6.45) is 0. The first-order valence-corrected chi connectivity index (χ1v) is 5.19. The average Bonchev–Trinajstić information content (AvgIpc) is 2.70. The van der Waals surface area contributed by atoms with Gasteiger partial charge in [-0.05, 0) is 19.9 Å². The van der Waals surface area contributed by atoms with Crippen molar-refractivity contribution in [3.05, 3.63) is 17.5 Å². The lowest BCUT2D eigenvalue weighted by Crippen LogP contribution is -2.37. The summed E-state index contributed by atoms with van der Waals surface area (Å²) in [5.41, 5.74) is 2.21. The fraction of sp³-hybridized carbons (Fsp3) is 0.600. The zero-order chi connectivity index (χ0) is 10.8. The summed E-state index contributed by atoms with van der Waals surface area (Å²) in [6.45, 7) is 5.73. The van der Waals surface area contributed by atoms with E-state index in [0.29, 0.717) is 6.04 Å². The number of rotatable bonds is 2. The topological polar surface area (TPSA) is 54.2 Å². The molecular formula is C10H17N5. The number of nitrogens with zero attached hydrogens (tertiary/aromatic N) is 3. The molecular weight excluding hydrogens is 190 g/mol. The van der Waals surface area contributed by atoms with Gasteiger partial charge in [0.2, 0.25) is 0 Å². The molecule has 0 fully saturated rings. The highest BCUT2D eigenvalue weighted by Crippen LogP contribution is 2.01. The summed E-state index contributed by atoms with van der Waals surface area (Å²) < 4.78 is 1.89. The van der Waals surface area contributed by atoms with E-state index in [1.165, 1.54) is 0 Å². The number of hydrogen-bond acceptors (Lipinski definition) is 4. The van der Waals surface area contributed by atoms with Crippen molar-refractivity contribution >= 4 is 5.96 Å². The smallest absolute Gasteiger partial charge is 0.191 e. The molecule has 1 aromatic rings. The quantitative estimate of drug-likeness (QED) is 0.726. The van der Waals surface area contributed by atoms with E-state index >= 15 is 0 Å². The van der Waals surface area contributed by atoms with Crippen molar-refractivity contribution < 1.29 is 0 Å². The minimum absolute atomic E-state index is 0.445. The Morgan fingerprint density at radius 3 is 3.00 bits per heavy atom. The van der Waals surface area contributed by atoms with Crippen molar-refractivity contribution in [1.29, 1.82) is 0 Å². The van der Waals surface area contributed by atoms with Crippen LogP contribution in [0.2, 0.25) is 0 Å². The molecule has 0 saturated carbocycles. The molecule has 5 heteroatoms. The maximum atomic E-state index is 4.33. The number of guanidine groups is 1. The van der Waals surface area contributed by atoms with Gasteiger partial charge in [0.05, 0.1) is 24.5 Å². The monoisotopic (exact) mass is 207 g/mol. The van der Waals surface area contributed by atoms with Crippen LogP contribution in [0.5, 0.6) is 0 Å². The molecule has 0 radical (unpaired) electrons. The van der Waals surface area contributed by atoms with Crippen LogP contribution in [0.15, 0.2) is 11.1 Å². The van der Waals surface area contributed by atoms with Crippen LogP contribution in [0.25, 0.3) is 0 Å². The minimum atomic E-state index is 0.445. The molecule has 1 atom stereocenters. The highest BCUT2D eigenvalue weighted by atomic mass is 15.3. The number of hydrogen-bond donors (Lipinski definition) is 2. The molecule has 0 spiro atoms. The summed E-state index contributed by atoms with van der Waals surface area (Å²) in [4.78, 5) is 4.33. The molecule has 0 bridgehead atoms. The van der Waals surface area contributed by atoms with E-state index in [1.807, 2.05) is 18.7 Å². The Balaban J connectivity index is 1.91. The minimum Gasteiger partial charge on any atom is -0.352 e. The van der Waals surface area contributed by atoms with Crippen molar-refractivity contribution in [2.75, 3.05) is 6.54 Å². The van der Waals surface area contributed by atoms with E-state index in [9.17, 15) is 0 Å². The molecule has 1 unspecified atom stereocenters. The Morgan fingerprint density at radius 1 is 1.67 bits per heavy atom. The molecule has 0 saturated heterocycles. The molecule has 2 N–H and O–H groups in total. The van der Waals surface area contributed by atoms with E-state index in [4.69, 9.17) is 0 Å². The SMILES string of the molecule is Cc1cc(CNC2=NCC(C)N2)n(C)n1. The predicted octanol–water partition coefficient (Wildman–Crippen LogP) is 0.166. The van der Waals surface area contributed by atoms with Crippen LogP contribution in [-0.4, -0.2) is 28.3 Å². The van der Waals surface area contributed by atoms with E-state index in [0.717, 1.165) is 30.4 Å². The largest absolute Gasteiger partial charge is 0.352 e. The van der Waals surface area contributed by atoms with Gasteiger partial charge in [-0.15, -0.1) is 0 Å². The molecule has 0 aromatic carbocycles. The van der Waals surface area contributed by atoms with Crippen LogP contribution >= 0.6 is 0 Å². The second-order valence-electron chi connectivity index (χ2n) is 3.99. The lowest BCUT2D eigenvalue weighted by atomic mass is 10.3. The van der Waals surface area contributed by atoms with Gasteiger partial charge in [0.1, 0.15) is 0 Å². The molecule has 1 aliphatic rings. The molecule has 5 nitrogen and oxygen atoms in total. The fourth-order valence-electron chi connectivity index (χ4n) is 1.66. The van der Waals surface area contributed by atoms with E-state index in [2.05, 4.69) is 33.7 Å². The summed E-state index contributed by atoms with van der Waals surface area (Å²) in [7, 11) is 1.95. The van der Waals surface area contributed by atoms with Gasteiger partial charge in [-0.25, -0.2) is 0 Å². The van der Waals surface area contributed by atoms with Crippen molar-refractivity contribution in [2.45, 2.75) is 26.4 Å². The van der Waals surface area contributed by atoms with Crippen molar-refractivity contribution in [3.63, 3.8) is 0 Å². The van der Waals surface area contributed by atoms with Gasteiger partial charge < -0.3 is 10.6 Å². The van der Waals surface area contributed by atoms with Gasteiger partial charge in [-0.3, -0.25) is 9.67 Å². The predicted molar refractivity (Wildman–Crippen MR) is 59.7 cm³/mol. The Labute approximate surface area is 89.6 Å². The third-order valence-electron chi connectivity index (χ3n) is 2.44. The summed E-state index contributed by atoms with van der Waals surface area (Å²) in [5, 5.41) is 10.8. The first kappa shape index (κ1) is 10.0. The number of nitrogens with one attached hydrogen (secondary N) is 2. The number of aliphatic imine (C=N–C) groups is 1. The van der Waals surface area contributed by atoms with E-state index in [-0.39, 0.29) is 0 Å². The third kappa shape index (κ3) is 2.29. The summed E-state index contributed by atoms with van der Waals surface area (Å²) in [6, 6.07) is 2.52. The molecule has 0 aliphatic carbocycles. The van der Waals surface area contributed by atoms with Crippen molar-refractivity contribution in [3.8, 4) is 0 Å². The van der Waals surface area contributed by atoms with Gasteiger partial charge in [-0.1, -0.05) is 0 Å². The first-order chi connectivity index (χ1) is 7.15. The van der Waals surface area contributed by atoms with Crippen LogP contribution in [0, 0.1) is 6.92 Å². The zero-order valence-electron chi connectivity index (χ0n) is 9.41. The van der Waals surface area contributed by atoms with Gasteiger partial charge in [-0.2, -0.15) is 5.10 Å². The van der Waals surface area contributed by atoms with Crippen LogP contribution in [0.3, 0.4) is 0 Å². The van der Waals surface area contributed by atoms with Crippen LogP contribution in [0.4, 0.5) is 0 Å². The number of aromatic nitrogens is 2. The van der Waals surface area contributed by atoms with Crippen LogP contribution in [-0.2, 0) is 13.6 Å². The average molecular weight is 207 g/mol. The first-order valence-electron chi connectivity index (χ1n) is 5.19. The maximum Gasteiger partial charge on any atom is 0.191 e. The molecule has 82 valence electrons. The van der Waals surface area contributed by atoms with Crippen LogP contribution in [0.1, 0.15) is 18.3 Å². The van der Waals surface area contributed by atoms with Gasteiger partial charge >= 0.3 is 0 Å². The standard InChI is InChI=1S/C10H17N5/c1-7-4-9(15(3)14-7)6-12-10-11-5-8(2)13-10/h4,8H,5-6H2,1-3H3,(H2,11,12,13). The molecule has 2 heterocycles.